The van der Waals surface area contributed by atoms with Crippen LogP contribution in [0.4, 0.5) is 11.4 Å². The van der Waals surface area contributed by atoms with E-state index < -0.39 is 0 Å². The van der Waals surface area contributed by atoms with Crippen LogP contribution >= 0.6 is 0 Å². The second-order valence-electron chi connectivity index (χ2n) is 3.83. The SMILES string of the molecule is Nc1c[c-]ccc1.Nc1c[c-]ccc1.[CH3-].[CH3-].[Y].[Y].c1ccccc1. The first-order chi connectivity index (χ1) is 9.79. The largest absolute Gasteiger partial charge is 0.449 e. The Balaban J connectivity index is -0.000000116. The molecule has 0 aliphatic rings. The minimum absolute atomic E-state index is 0. The zero-order valence-electron chi connectivity index (χ0n) is 14.4. The van der Waals surface area contributed by atoms with Crippen LogP contribution in [-0.2, 0) is 65.4 Å². The van der Waals surface area contributed by atoms with E-state index in [1.54, 1.807) is 12.1 Å². The van der Waals surface area contributed by atoms with E-state index in [2.05, 4.69) is 12.1 Å². The summed E-state index contributed by atoms with van der Waals surface area (Å²) in [5.74, 6) is 0. The number of hydrogen-bond donors (Lipinski definition) is 2. The van der Waals surface area contributed by atoms with Gasteiger partial charge in [-0.15, -0.1) is 0 Å². The second kappa shape index (κ2) is 22.5. The maximum absolute atomic E-state index is 5.33. The smallest absolute Gasteiger partial charge is 0 e. The molecule has 24 heavy (non-hydrogen) atoms. The van der Waals surface area contributed by atoms with Crippen LogP contribution in [0.15, 0.2) is 84.9 Å². The van der Waals surface area contributed by atoms with Gasteiger partial charge in [0.1, 0.15) is 0 Å². The number of nitrogen functional groups attached to an aromatic ring is 2. The Hall–Kier alpha value is -0.532. The molecule has 0 aliphatic heterocycles. The van der Waals surface area contributed by atoms with Crippen LogP contribution in [0.5, 0.6) is 0 Å². The second-order valence-corrected chi connectivity index (χ2v) is 3.83. The fourth-order valence-electron chi connectivity index (χ4n) is 1.20. The van der Waals surface area contributed by atoms with E-state index in [0.717, 1.165) is 11.4 Å². The van der Waals surface area contributed by atoms with E-state index in [0.29, 0.717) is 0 Å². The van der Waals surface area contributed by atoms with Crippen molar-refractivity contribution >= 4 is 11.4 Å². The van der Waals surface area contributed by atoms with Crippen LogP contribution in [0.2, 0.25) is 0 Å². The van der Waals surface area contributed by atoms with Crippen LogP contribution < -0.4 is 11.5 Å². The summed E-state index contributed by atoms with van der Waals surface area (Å²) < 4.78 is 0. The van der Waals surface area contributed by atoms with Gasteiger partial charge in [-0.1, -0.05) is 47.8 Å². The van der Waals surface area contributed by atoms with Gasteiger partial charge in [-0.05, 0) is 0 Å². The first-order valence-corrected chi connectivity index (χ1v) is 6.22. The van der Waals surface area contributed by atoms with Gasteiger partial charge in [0.25, 0.3) is 0 Å². The molecule has 0 aliphatic carbocycles. The fraction of sp³-hybridized carbons (Fsp3) is 0. The summed E-state index contributed by atoms with van der Waals surface area (Å²) in [6, 6.07) is 32.1. The Bertz CT molecular complexity index is 482. The van der Waals surface area contributed by atoms with Gasteiger partial charge >= 0.3 is 0 Å². The summed E-state index contributed by atoms with van der Waals surface area (Å²) in [5, 5.41) is 0. The molecule has 3 aromatic rings. The average molecular weight is 470 g/mol. The molecule has 0 fully saturated rings. The van der Waals surface area contributed by atoms with Crippen molar-refractivity contribution in [2.24, 2.45) is 0 Å². The van der Waals surface area contributed by atoms with Crippen molar-refractivity contribution in [1.82, 2.24) is 0 Å². The molecule has 4 heteroatoms. The van der Waals surface area contributed by atoms with Gasteiger partial charge in [-0.25, -0.2) is 0 Å². The van der Waals surface area contributed by atoms with Crippen LogP contribution in [0.3, 0.4) is 0 Å². The molecule has 124 valence electrons. The van der Waals surface area contributed by atoms with Gasteiger partial charge in [0, 0.05) is 65.4 Å². The Kier molecular flexibility index (Phi) is 29.3. The third kappa shape index (κ3) is 19.5. The number of benzene rings is 3. The number of anilines is 2. The molecule has 0 atom stereocenters. The summed E-state index contributed by atoms with van der Waals surface area (Å²) in [6.45, 7) is 0. The van der Waals surface area contributed by atoms with Crippen molar-refractivity contribution in [3.8, 4) is 0 Å². The molecule has 2 radical (unpaired) electrons. The zero-order valence-corrected chi connectivity index (χ0v) is 20.1. The Morgan fingerprint density at radius 2 is 0.833 bits per heavy atom. The Labute approximate surface area is 198 Å². The molecule has 2 nitrogen and oxygen atoms in total. The molecule has 0 spiro atoms. The molecule has 0 heterocycles. The number of hydrogen-bond acceptors (Lipinski definition) is 2. The summed E-state index contributed by atoms with van der Waals surface area (Å²) in [5.41, 5.74) is 12.2. The first-order valence-electron chi connectivity index (χ1n) is 6.22. The summed E-state index contributed by atoms with van der Waals surface area (Å²) in [4.78, 5) is 0. The van der Waals surface area contributed by atoms with Crippen LogP contribution in [-0.4, -0.2) is 0 Å². The summed E-state index contributed by atoms with van der Waals surface area (Å²) in [6.07, 6.45) is 0. The molecule has 0 amide bonds. The molecule has 3 rings (SSSR count). The molecular formula is C20H24N2Y2-4. The first kappa shape index (κ1) is 31.3. The third-order valence-corrected chi connectivity index (χ3v) is 2.13. The van der Waals surface area contributed by atoms with Gasteiger partial charge in [0.2, 0.25) is 0 Å². The minimum atomic E-state index is 0. The van der Waals surface area contributed by atoms with Crippen molar-refractivity contribution < 1.29 is 65.4 Å². The third-order valence-electron chi connectivity index (χ3n) is 2.13. The van der Waals surface area contributed by atoms with Crippen molar-refractivity contribution in [3.05, 3.63) is 112 Å². The molecule has 0 unspecified atom stereocenters. The van der Waals surface area contributed by atoms with Gasteiger partial charge < -0.3 is 26.3 Å². The van der Waals surface area contributed by atoms with Gasteiger partial charge in [0.05, 0.1) is 0 Å². The molecule has 4 N–H and O–H groups in total. The van der Waals surface area contributed by atoms with E-state index in [-0.39, 0.29) is 80.3 Å². The molecule has 3 aromatic carbocycles. The van der Waals surface area contributed by atoms with Crippen molar-refractivity contribution in [3.63, 3.8) is 0 Å². The van der Waals surface area contributed by atoms with Gasteiger partial charge in [0.15, 0.2) is 0 Å². The predicted octanol–water partition coefficient (Wildman–Crippen LogP) is 4.72. The van der Waals surface area contributed by atoms with Crippen molar-refractivity contribution in [2.75, 3.05) is 11.5 Å². The Morgan fingerprint density at radius 1 is 0.542 bits per heavy atom. The van der Waals surface area contributed by atoms with E-state index in [4.69, 9.17) is 11.5 Å². The molecule has 0 aromatic heterocycles. The van der Waals surface area contributed by atoms with Gasteiger partial charge in [-0.3, -0.25) is 0 Å². The molecule has 0 saturated carbocycles. The van der Waals surface area contributed by atoms with Crippen LogP contribution in [0, 0.1) is 27.0 Å². The predicted molar refractivity (Wildman–Crippen MR) is 98.7 cm³/mol. The maximum Gasteiger partial charge on any atom is 0 e. The molecule has 0 bridgehead atoms. The van der Waals surface area contributed by atoms with Crippen LogP contribution in [0.1, 0.15) is 0 Å². The molecule has 0 saturated heterocycles. The Morgan fingerprint density at radius 3 is 0.958 bits per heavy atom. The quantitative estimate of drug-likeness (QED) is 0.369. The van der Waals surface area contributed by atoms with Crippen molar-refractivity contribution in [1.29, 1.82) is 0 Å². The number of nitrogens with two attached hydrogens (primary N) is 2. The van der Waals surface area contributed by atoms with E-state index >= 15 is 0 Å². The maximum atomic E-state index is 5.33. The van der Waals surface area contributed by atoms with Crippen LogP contribution in [0.25, 0.3) is 0 Å². The monoisotopic (exact) mass is 470 g/mol. The van der Waals surface area contributed by atoms with E-state index in [9.17, 15) is 0 Å². The fourth-order valence-corrected chi connectivity index (χ4v) is 1.20. The van der Waals surface area contributed by atoms with E-state index in [1.165, 1.54) is 0 Å². The van der Waals surface area contributed by atoms with Crippen molar-refractivity contribution in [2.45, 2.75) is 0 Å². The normalized spacial score (nSPS) is 7.00. The summed E-state index contributed by atoms with van der Waals surface area (Å²) >= 11 is 0. The zero-order chi connectivity index (χ0) is 14.5. The minimum Gasteiger partial charge on any atom is -0.449 e. The van der Waals surface area contributed by atoms with E-state index in [1.807, 2.05) is 72.8 Å². The summed E-state index contributed by atoms with van der Waals surface area (Å²) in [7, 11) is 0. The average Bonchev–Trinajstić information content (AvgIpc) is 2.52. The number of rotatable bonds is 0. The standard InChI is InChI=1S/2C6H6N.C6H6.2CH3.2Y/c2*7-6-4-2-1-3-5-6;1-2-4-6-5-3-1;;;;/h2*1-2,4-5H,7H2;1-6H;2*1H3;;/q2*-1;;2*-1;;. The molecular weight excluding hydrogens is 446 g/mol. The van der Waals surface area contributed by atoms with Gasteiger partial charge in [-0.2, -0.15) is 60.7 Å². The topological polar surface area (TPSA) is 52.0 Å².